The number of ether oxygens (including phenoxy) is 2. The summed E-state index contributed by atoms with van der Waals surface area (Å²) in [4.78, 5) is 51.5. The number of hydrogen-bond donors (Lipinski definition) is 2. The first-order valence-electron chi connectivity index (χ1n) is 13.4. The number of anilines is 1. The molecule has 0 bridgehead atoms. The highest BCUT2D eigenvalue weighted by Crippen LogP contribution is 2.20. The molecule has 1 aliphatic rings. The number of esters is 2. The lowest BCUT2D eigenvalue weighted by Crippen LogP contribution is -2.31. The van der Waals surface area contributed by atoms with Crippen LogP contribution in [0.5, 0.6) is 0 Å². The summed E-state index contributed by atoms with van der Waals surface area (Å²) in [6.45, 7) is 3.32. The van der Waals surface area contributed by atoms with Crippen molar-refractivity contribution in [2.45, 2.75) is 26.1 Å². The van der Waals surface area contributed by atoms with E-state index in [0.29, 0.717) is 41.3 Å². The number of Topliss-reactive ketones (excluding diaryl/α,β-unsaturated/α-hetero) is 1. The van der Waals surface area contributed by atoms with Crippen LogP contribution in [0.25, 0.3) is 0 Å². The first-order chi connectivity index (χ1) is 20.2. The number of halogens is 1. The van der Waals surface area contributed by atoms with Gasteiger partial charge in [-0.15, -0.1) is 0 Å². The summed E-state index contributed by atoms with van der Waals surface area (Å²) in [5.74, 6) is -1.41. The van der Waals surface area contributed by atoms with Crippen LogP contribution in [0, 0.1) is 0 Å². The summed E-state index contributed by atoms with van der Waals surface area (Å²) in [6.07, 6.45) is 2.98. The van der Waals surface area contributed by atoms with Crippen molar-refractivity contribution in [3.05, 3.63) is 112 Å². The fraction of sp³-hybridized carbons (Fsp3) is 0.250. The van der Waals surface area contributed by atoms with Gasteiger partial charge in [-0.3, -0.25) is 14.4 Å². The standard InChI is InChI=1S/C32H32ClN3O6/c1-21(30(38)23-9-12-27(33)13-10-23)42-29(37)20-34-19-26-17-25(32(40)41-2)11-14-28(26)35-18-22-5-7-24(8-6-22)31(39)36-15-3-4-16-36/h3-14,17,21,34-35H,15-16,18-20H2,1-2H3. The van der Waals surface area contributed by atoms with Gasteiger partial charge >= 0.3 is 11.9 Å². The highest BCUT2D eigenvalue weighted by molar-refractivity contribution is 6.30. The highest BCUT2D eigenvalue weighted by atomic mass is 35.5. The predicted molar refractivity (Wildman–Crippen MR) is 160 cm³/mol. The van der Waals surface area contributed by atoms with Gasteiger partial charge in [0.05, 0.1) is 19.2 Å². The Kier molecular flexibility index (Phi) is 10.5. The van der Waals surface area contributed by atoms with Crippen molar-refractivity contribution in [3.8, 4) is 0 Å². The van der Waals surface area contributed by atoms with Crippen LogP contribution in [0.2, 0.25) is 5.02 Å². The molecule has 2 N–H and O–H groups in total. The molecule has 0 spiro atoms. The smallest absolute Gasteiger partial charge is 0.337 e. The molecule has 4 rings (SSSR count). The lowest BCUT2D eigenvalue weighted by Gasteiger charge is -2.16. The summed E-state index contributed by atoms with van der Waals surface area (Å²) in [7, 11) is 1.31. The van der Waals surface area contributed by atoms with Crippen LogP contribution < -0.4 is 10.6 Å². The van der Waals surface area contributed by atoms with Crippen LogP contribution in [0.15, 0.2) is 78.9 Å². The number of ketones is 1. The number of amides is 1. The van der Waals surface area contributed by atoms with Crippen LogP contribution in [-0.4, -0.2) is 61.4 Å². The molecule has 1 atom stereocenters. The number of methoxy groups -OCH3 is 1. The lowest BCUT2D eigenvalue weighted by molar-refractivity contribution is -0.145. The average Bonchev–Trinajstić information content (AvgIpc) is 3.55. The van der Waals surface area contributed by atoms with Crippen molar-refractivity contribution >= 4 is 40.9 Å². The Labute approximate surface area is 249 Å². The Morgan fingerprint density at radius 1 is 0.881 bits per heavy atom. The van der Waals surface area contributed by atoms with Crippen LogP contribution in [0.4, 0.5) is 5.69 Å². The number of carbonyl (C=O) groups is 4. The largest absolute Gasteiger partial charge is 0.465 e. The summed E-state index contributed by atoms with van der Waals surface area (Å²) in [6, 6.07) is 18.9. The minimum absolute atomic E-state index is 0.00599. The maximum absolute atomic E-state index is 12.6. The number of hydrogen-bond acceptors (Lipinski definition) is 8. The van der Waals surface area contributed by atoms with Crippen molar-refractivity contribution in [1.82, 2.24) is 10.2 Å². The normalized spacial score (nSPS) is 13.0. The second kappa shape index (κ2) is 14.4. The Bertz CT molecular complexity index is 1460. The van der Waals surface area contributed by atoms with Crippen molar-refractivity contribution < 1.29 is 28.7 Å². The Hall–Kier alpha value is -4.47. The molecule has 0 fully saturated rings. The molecule has 0 aromatic heterocycles. The SMILES string of the molecule is COC(=O)c1ccc(NCc2ccc(C(=O)N3CC=CC3)cc2)c(CNCC(=O)OC(C)C(=O)c2ccc(Cl)cc2)c1. The van der Waals surface area contributed by atoms with Gasteiger partial charge in [0.25, 0.3) is 5.91 Å². The first-order valence-corrected chi connectivity index (χ1v) is 13.8. The van der Waals surface area contributed by atoms with Gasteiger partial charge in [-0.05, 0) is 72.6 Å². The van der Waals surface area contributed by atoms with Crippen molar-refractivity contribution in [3.63, 3.8) is 0 Å². The molecule has 0 saturated heterocycles. The lowest BCUT2D eigenvalue weighted by atomic mass is 10.1. The number of carbonyl (C=O) groups excluding carboxylic acids is 4. The molecule has 1 amide bonds. The molecule has 0 radical (unpaired) electrons. The molecule has 0 aliphatic carbocycles. The fourth-order valence-corrected chi connectivity index (χ4v) is 4.51. The predicted octanol–water partition coefficient (Wildman–Crippen LogP) is 4.65. The minimum Gasteiger partial charge on any atom is -0.465 e. The number of nitrogens with zero attached hydrogens (tertiary/aromatic N) is 1. The zero-order valence-corrected chi connectivity index (χ0v) is 24.1. The number of rotatable bonds is 12. The van der Waals surface area contributed by atoms with Gasteiger partial charge in [0, 0.05) is 48.0 Å². The van der Waals surface area contributed by atoms with Gasteiger partial charge in [0.2, 0.25) is 5.78 Å². The monoisotopic (exact) mass is 589 g/mol. The van der Waals surface area contributed by atoms with Gasteiger partial charge in [-0.1, -0.05) is 35.9 Å². The summed E-state index contributed by atoms with van der Waals surface area (Å²) in [5, 5.41) is 6.88. The molecule has 3 aromatic rings. The van der Waals surface area contributed by atoms with Crippen LogP contribution >= 0.6 is 11.6 Å². The molecule has 0 saturated carbocycles. The number of benzene rings is 3. The third-order valence-electron chi connectivity index (χ3n) is 6.71. The molecule has 10 heteroatoms. The maximum Gasteiger partial charge on any atom is 0.337 e. The number of nitrogens with one attached hydrogen (secondary N) is 2. The second-order valence-corrected chi connectivity index (χ2v) is 10.1. The van der Waals surface area contributed by atoms with E-state index in [0.717, 1.165) is 16.8 Å². The molecule has 1 unspecified atom stereocenters. The minimum atomic E-state index is -0.964. The Morgan fingerprint density at radius 2 is 1.52 bits per heavy atom. The second-order valence-electron chi connectivity index (χ2n) is 9.70. The van der Waals surface area contributed by atoms with Crippen LogP contribution in [0.1, 0.15) is 49.1 Å². The Morgan fingerprint density at radius 3 is 2.19 bits per heavy atom. The first kappa shape index (κ1) is 30.5. The van der Waals surface area contributed by atoms with E-state index in [9.17, 15) is 19.2 Å². The topological polar surface area (TPSA) is 114 Å². The zero-order valence-electron chi connectivity index (χ0n) is 23.4. The quantitative estimate of drug-likeness (QED) is 0.178. The molecule has 1 heterocycles. The third-order valence-corrected chi connectivity index (χ3v) is 6.96. The highest BCUT2D eigenvalue weighted by Gasteiger charge is 2.20. The maximum atomic E-state index is 12.6. The van der Waals surface area contributed by atoms with Gasteiger partial charge in [-0.2, -0.15) is 0 Å². The summed E-state index contributed by atoms with van der Waals surface area (Å²) < 4.78 is 10.2. The van der Waals surface area contributed by atoms with E-state index in [1.54, 1.807) is 47.4 Å². The summed E-state index contributed by atoms with van der Waals surface area (Å²) >= 11 is 5.87. The molecule has 42 heavy (non-hydrogen) atoms. The van der Waals surface area contributed by atoms with E-state index >= 15 is 0 Å². The van der Waals surface area contributed by atoms with Crippen LogP contribution in [-0.2, 0) is 27.4 Å². The van der Waals surface area contributed by atoms with Gasteiger partial charge in [0.15, 0.2) is 6.10 Å². The summed E-state index contributed by atoms with van der Waals surface area (Å²) in [5.41, 5.74) is 3.83. The van der Waals surface area contributed by atoms with E-state index < -0.39 is 18.0 Å². The molecular weight excluding hydrogens is 558 g/mol. The fourth-order valence-electron chi connectivity index (χ4n) is 4.39. The van der Waals surface area contributed by atoms with E-state index in [4.69, 9.17) is 21.1 Å². The van der Waals surface area contributed by atoms with Crippen molar-refractivity contribution in [2.75, 3.05) is 32.1 Å². The van der Waals surface area contributed by atoms with E-state index in [1.807, 2.05) is 36.4 Å². The molecule has 1 aliphatic heterocycles. The van der Waals surface area contributed by atoms with Crippen molar-refractivity contribution in [1.29, 1.82) is 0 Å². The van der Waals surface area contributed by atoms with Gasteiger partial charge in [0.1, 0.15) is 0 Å². The molecule has 3 aromatic carbocycles. The van der Waals surface area contributed by atoms with Gasteiger partial charge in [-0.25, -0.2) is 4.79 Å². The van der Waals surface area contributed by atoms with E-state index in [2.05, 4.69) is 10.6 Å². The molecule has 9 nitrogen and oxygen atoms in total. The van der Waals surface area contributed by atoms with Gasteiger partial charge < -0.3 is 25.0 Å². The van der Waals surface area contributed by atoms with E-state index in [1.165, 1.54) is 14.0 Å². The van der Waals surface area contributed by atoms with Crippen LogP contribution in [0.3, 0.4) is 0 Å². The average molecular weight is 590 g/mol. The third kappa shape index (κ3) is 8.05. The molecule has 218 valence electrons. The Balaban J connectivity index is 1.34. The van der Waals surface area contributed by atoms with E-state index in [-0.39, 0.29) is 24.8 Å². The zero-order chi connectivity index (χ0) is 30.1. The van der Waals surface area contributed by atoms with Crippen molar-refractivity contribution in [2.24, 2.45) is 0 Å². The molecular formula is C32H32ClN3O6.